The molecule has 0 bridgehead atoms. The maximum Gasteiger partial charge on any atom is 0.169 e. The molecule has 27 heavy (non-hydrogen) atoms. The fraction of sp³-hybridized carbons (Fsp3) is 0.0526. The number of carboxylic acids is 1. The molecule has 0 unspecified atom stereocenters. The highest BCUT2D eigenvalue weighted by Crippen LogP contribution is 2.35. The van der Waals surface area contributed by atoms with E-state index in [2.05, 4.69) is 10.3 Å². The number of para-hydroxylation sites is 1. The van der Waals surface area contributed by atoms with E-state index in [9.17, 15) is 9.90 Å². The first-order chi connectivity index (χ1) is 12.4. The van der Waals surface area contributed by atoms with Crippen molar-refractivity contribution in [3.05, 3.63) is 82.1 Å². The summed E-state index contributed by atoms with van der Waals surface area (Å²) in [5.41, 5.74) is 7.90. The molecular formula is C19H19Cl2N3O3. The van der Waals surface area contributed by atoms with Gasteiger partial charge in [0.15, 0.2) is 12.4 Å². The van der Waals surface area contributed by atoms with E-state index in [0.717, 1.165) is 11.3 Å². The first-order valence-corrected chi connectivity index (χ1v) is 8.39. The Morgan fingerprint density at radius 2 is 1.70 bits per heavy atom. The number of H-pyrrole nitrogens is 1. The standard InChI is InChI=1S/C14H11Cl2NO2.C5H6N2.H2O/c1-8-6-7-10(15)13(12(8)16)17-11-5-3-2-4-9(11)14(18)19;6-5-1-3-7-4-2-5;/h2-7,17H,1H3,(H,18,19);1-4H,(H2,6,7);1H2. The molecule has 0 fully saturated rings. The highest BCUT2D eigenvalue weighted by molar-refractivity contribution is 6.39. The van der Waals surface area contributed by atoms with Crippen molar-refractivity contribution in [1.29, 1.82) is 0 Å². The maximum absolute atomic E-state index is 11.0. The van der Waals surface area contributed by atoms with Gasteiger partial charge in [0.2, 0.25) is 0 Å². The third kappa shape index (κ3) is 6.14. The van der Waals surface area contributed by atoms with Gasteiger partial charge in [0.1, 0.15) is 0 Å². The topological polar surface area (TPSA) is 124 Å². The fourth-order valence-corrected chi connectivity index (χ4v) is 2.54. The van der Waals surface area contributed by atoms with Crippen LogP contribution in [0.2, 0.25) is 10.0 Å². The summed E-state index contributed by atoms with van der Waals surface area (Å²) in [6, 6.07) is 13.5. The molecule has 0 aliphatic rings. The summed E-state index contributed by atoms with van der Waals surface area (Å²) < 4.78 is 0. The Hall–Kier alpha value is -2.80. The van der Waals surface area contributed by atoms with E-state index in [4.69, 9.17) is 28.9 Å². The minimum atomic E-state index is -1.26. The van der Waals surface area contributed by atoms with Gasteiger partial charge < -0.3 is 26.4 Å². The van der Waals surface area contributed by atoms with Crippen LogP contribution in [0, 0.1) is 6.92 Å². The lowest BCUT2D eigenvalue weighted by atomic mass is 10.1. The second kappa shape index (κ2) is 10.4. The van der Waals surface area contributed by atoms with Crippen LogP contribution in [0.1, 0.15) is 15.9 Å². The van der Waals surface area contributed by atoms with Crippen molar-refractivity contribution in [3.8, 4) is 0 Å². The van der Waals surface area contributed by atoms with Crippen LogP contribution in [-0.4, -0.2) is 11.4 Å². The number of aromatic carboxylic acids is 1. The molecule has 0 aliphatic carbocycles. The second-order valence-electron chi connectivity index (χ2n) is 5.34. The second-order valence-corrected chi connectivity index (χ2v) is 6.13. The Morgan fingerprint density at radius 1 is 1.07 bits per heavy atom. The van der Waals surface area contributed by atoms with Gasteiger partial charge in [-0.3, -0.25) is 0 Å². The van der Waals surface area contributed by atoms with E-state index in [1.54, 1.807) is 54.9 Å². The van der Waals surface area contributed by atoms with Crippen LogP contribution in [0.15, 0.2) is 60.9 Å². The first kappa shape index (κ1) is 22.2. The Morgan fingerprint density at radius 3 is 2.26 bits per heavy atom. The predicted molar refractivity (Wildman–Crippen MR) is 106 cm³/mol. The predicted octanol–water partition coefficient (Wildman–Crippen LogP) is 2.67. The summed E-state index contributed by atoms with van der Waals surface area (Å²) in [4.78, 5) is 13.9. The highest BCUT2D eigenvalue weighted by atomic mass is 35.5. The van der Waals surface area contributed by atoms with E-state index in [1.165, 1.54) is 6.07 Å². The number of rotatable bonds is 3. The number of benzene rings is 2. The Labute approximate surface area is 166 Å². The number of nitrogens with two attached hydrogens (primary N) is 1. The zero-order valence-electron chi connectivity index (χ0n) is 14.4. The highest BCUT2D eigenvalue weighted by Gasteiger charge is 2.10. The van der Waals surface area contributed by atoms with Gasteiger partial charge in [-0.2, -0.15) is 0 Å². The summed E-state index contributed by atoms with van der Waals surface area (Å²) in [5, 5.41) is 14.9. The molecule has 0 radical (unpaired) electrons. The van der Waals surface area contributed by atoms with Gasteiger partial charge in [0.25, 0.3) is 0 Å². The van der Waals surface area contributed by atoms with Crippen molar-refractivity contribution in [1.82, 2.24) is 0 Å². The molecular weight excluding hydrogens is 389 g/mol. The van der Waals surface area contributed by atoms with E-state index in [0.29, 0.717) is 21.4 Å². The molecule has 0 aliphatic heterocycles. The van der Waals surface area contributed by atoms with Crippen molar-refractivity contribution < 1.29 is 20.4 Å². The number of anilines is 3. The molecule has 2 aromatic carbocycles. The molecule has 0 spiro atoms. The van der Waals surface area contributed by atoms with E-state index in [1.807, 2.05) is 6.92 Å². The molecule has 0 atom stereocenters. The molecule has 8 heteroatoms. The number of aryl methyl sites for hydroxylation is 1. The number of hydrogen-bond donors (Lipinski definition) is 2. The van der Waals surface area contributed by atoms with Crippen LogP contribution in [0.25, 0.3) is 0 Å². The van der Waals surface area contributed by atoms with Crippen molar-refractivity contribution in [2.75, 3.05) is 11.1 Å². The quantitative estimate of drug-likeness (QED) is 0.691. The van der Waals surface area contributed by atoms with E-state index in [-0.39, 0.29) is 11.0 Å². The maximum atomic E-state index is 11.0. The van der Waals surface area contributed by atoms with Crippen molar-refractivity contribution >= 4 is 46.2 Å². The SMILES string of the molecule is Cc1ccc(Cl)c(Nc2ccccc2C(=O)[O-])c1Cl.Nc1cc[nH+]cc1.O. The number of pyridine rings is 1. The van der Waals surface area contributed by atoms with Crippen LogP contribution in [0.5, 0.6) is 0 Å². The molecule has 0 amide bonds. The molecule has 0 saturated heterocycles. The third-order valence-corrected chi connectivity index (χ3v) is 4.24. The third-order valence-electron chi connectivity index (χ3n) is 3.43. The van der Waals surface area contributed by atoms with Crippen molar-refractivity contribution in [2.45, 2.75) is 6.92 Å². The molecule has 6 N–H and O–H groups in total. The van der Waals surface area contributed by atoms with Crippen molar-refractivity contribution in [3.63, 3.8) is 0 Å². The van der Waals surface area contributed by atoms with Crippen molar-refractivity contribution in [2.24, 2.45) is 0 Å². The Kier molecular flexibility index (Phi) is 8.55. The lowest BCUT2D eigenvalue weighted by molar-refractivity contribution is -0.377. The van der Waals surface area contributed by atoms with E-state index < -0.39 is 5.97 Å². The number of carbonyl (C=O) groups excluding carboxylic acids is 1. The monoisotopic (exact) mass is 407 g/mol. The Bertz CT molecular complexity index is 906. The van der Waals surface area contributed by atoms with Gasteiger partial charge in [-0.15, -0.1) is 0 Å². The van der Waals surface area contributed by atoms with Gasteiger partial charge in [-0.05, 0) is 24.6 Å². The smallest absolute Gasteiger partial charge is 0.169 e. The molecule has 1 heterocycles. The lowest BCUT2D eigenvalue weighted by Crippen LogP contribution is -2.23. The zero-order valence-corrected chi connectivity index (χ0v) is 15.9. The number of carbonyl (C=O) groups is 1. The van der Waals surface area contributed by atoms with E-state index >= 15 is 0 Å². The molecule has 3 aromatic rings. The van der Waals surface area contributed by atoms with Crippen LogP contribution in [0.3, 0.4) is 0 Å². The van der Waals surface area contributed by atoms with Gasteiger partial charge in [-0.1, -0.05) is 47.5 Å². The van der Waals surface area contributed by atoms with Gasteiger partial charge >= 0.3 is 0 Å². The normalized spacial score (nSPS) is 9.44. The lowest BCUT2D eigenvalue weighted by Gasteiger charge is -2.15. The summed E-state index contributed by atoms with van der Waals surface area (Å²) in [6.45, 7) is 1.84. The fourth-order valence-electron chi connectivity index (χ4n) is 2.08. The van der Waals surface area contributed by atoms with Crippen LogP contribution in [0.4, 0.5) is 17.1 Å². The van der Waals surface area contributed by atoms with Crippen LogP contribution in [-0.2, 0) is 0 Å². The molecule has 6 nitrogen and oxygen atoms in total. The average Bonchev–Trinajstić information content (AvgIpc) is 2.63. The zero-order chi connectivity index (χ0) is 19.1. The minimum Gasteiger partial charge on any atom is -0.545 e. The molecule has 0 saturated carbocycles. The van der Waals surface area contributed by atoms with Gasteiger partial charge in [-0.25, -0.2) is 4.98 Å². The Balaban J connectivity index is 0.000000385. The summed E-state index contributed by atoms with van der Waals surface area (Å²) in [7, 11) is 0. The minimum absolute atomic E-state index is 0. The largest absolute Gasteiger partial charge is 0.545 e. The number of aromatic amines is 1. The summed E-state index contributed by atoms with van der Waals surface area (Å²) in [5.74, 6) is -1.26. The van der Waals surface area contributed by atoms with Gasteiger partial charge in [0.05, 0.1) is 21.7 Å². The number of aromatic nitrogens is 1. The first-order valence-electron chi connectivity index (χ1n) is 7.63. The number of nitrogen functional groups attached to an aromatic ring is 1. The number of hydrogen-bond acceptors (Lipinski definition) is 4. The van der Waals surface area contributed by atoms with Crippen LogP contribution < -0.4 is 21.1 Å². The number of carboxylic acid groups (broad SMARTS) is 1. The number of nitrogens with one attached hydrogen (secondary N) is 2. The molecule has 3 rings (SSSR count). The van der Waals surface area contributed by atoms with Crippen LogP contribution >= 0.6 is 23.2 Å². The number of halogens is 2. The summed E-state index contributed by atoms with van der Waals surface area (Å²) in [6.07, 6.45) is 3.57. The molecule has 1 aromatic heterocycles. The average molecular weight is 408 g/mol. The summed E-state index contributed by atoms with van der Waals surface area (Å²) >= 11 is 12.2. The van der Waals surface area contributed by atoms with Gasteiger partial charge in [0, 0.05) is 29.1 Å². The molecule has 142 valence electrons.